The number of hydrogen-bond acceptors (Lipinski definition) is 3. The second-order valence-corrected chi connectivity index (χ2v) is 5.18. The van der Waals surface area contributed by atoms with Crippen molar-refractivity contribution < 1.29 is 0 Å². The van der Waals surface area contributed by atoms with Crippen LogP contribution in [0.4, 0.5) is 5.69 Å². The molecule has 3 nitrogen and oxygen atoms in total. The SMILES string of the molecule is CC(CC1CCCCN1)Nc1ccnc(Cl)c1. The van der Waals surface area contributed by atoms with Crippen LogP contribution in [0.2, 0.25) is 5.15 Å². The number of nitrogens with zero attached hydrogens (tertiary/aromatic N) is 1. The maximum absolute atomic E-state index is 5.86. The summed E-state index contributed by atoms with van der Waals surface area (Å²) in [5, 5.41) is 7.57. The summed E-state index contributed by atoms with van der Waals surface area (Å²) < 4.78 is 0. The lowest BCUT2D eigenvalue weighted by Gasteiger charge is -2.27. The molecule has 0 spiro atoms. The molecule has 0 radical (unpaired) electrons. The van der Waals surface area contributed by atoms with E-state index in [9.17, 15) is 0 Å². The lowest BCUT2D eigenvalue weighted by atomic mass is 9.99. The molecule has 0 saturated carbocycles. The summed E-state index contributed by atoms with van der Waals surface area (Å²) in [4.78, 5) is 3.98. The van der Waals surface area contributed by atoms with Gasteiger partial charge in [-0.15, -0.1) is 0 Å². The molecule has 2 rings (SSSR count). The Morgan fingerprint density at radius 3 is 3.18 bits per heavy atom. The predicted octanol–water partition coefficient (Wildman–Crippen LogP) is 3.07. The molecule has 17 heavy (non-hydrogen) atoms. The highest BCUT2D eigenvalue weighted by Crippen LogP contribution is 2.17. The van der Waals surface area contributed by atoms with E-state index in [0.29, 0.717) is 17.2 Å². The van der Waals surface area contributed by atoms with Crippen LogP contribution in [0, 0.1) is 0 Å². The smallest absolute Gasteiger partial charge is 0.131 e. The van der Waals surface area contributed by atoms with Crippen molar-refractivity contribution in [2.45, 2.75) is 44.7 Å². The van der Waals surface area contributed by atoms with Crippen molar-refractivity contribution in [3.8, 4) is 0 Å². The fraction of sp³-hybridized carbons (Fsp3) is 0.615. The standard InChI is InChI=1S/C13H20ClN3/c1-10(8-11-4-2-3-6-15-11)17-12-5-7-16-13(14)9-12/h5,7,9-11,15H,2-4,6,8H2,1H3,(H,16,17). The predicted molar refractivity (Wildman–Crippen MR) is 72.6 cm³/mol. The number of anilines is 1. The van der Waals surface area contributed by atoms with Crippen LogP contribution in [-0.2, 0) is 0 Å². The molecule has 0 aliphatic carbocycles. The Morgan fingerprint density at radius 2 is 2.47 bits per heavy atom. The van der Waals surface area contributed by atoms with Gasteiger partial charge in [-0.2, -0.15) is 0 Å². The zero-order valence-electron chi connectivity index (χ0n) is 10.2. The summed E-state index contributed by atoms with van der Waals surface area (Å²) >= 11 is 5.86. The van der Waals surface area contributed by atoms with Gasteiger partial charge in [0.2, 0.25) is 0 Å². The van der Waals surface area contributed by atoms with Gasteiger partial charge in [-0.1, -0.05) is 18.0 Å². The first-order chi connectivity index (χ1) is 8.24. The molecule has 2 unspecified atom stereocenters. The fourth-order valence-electron chi connectivity index (χ4n) is 2.39. The van der Waals surface area contributed by atoms with Crippen LogP contribution in [0.5, 0.6) is 0 Å². The van der Waals surface area contributed by atoms with Gasteiger partial charge in [0, 0.05) is 24.0 Å². The largest absolute Gasteiger partial charge is 0.382 e. The van der Waals surface area contributed by atoms with E-state index >= 15 is 0 Å². The molecule has 1 aromatic rings. The Labute approximate surface area is 108 Å². The molecule has 1 aliphatic heterocycles. The third-order valence-corrected chi connectivity index (χ3v) is 3.40. The first-order valence-electron chi connectivity index (χ1n) is 6.35. The van der Waals surface area contributed by atoms with Gasteiger partial charge in [0.15, 0.2) is 0 Å². The molecule has 1 fully saturated rings. The van der Waals surface area contributed by atoms with Crippen LogP contribution < -0.4 is 10.6 Å². The fourth-order valence-corrected chi connectivity index (χ4v) is 2.56. The quantitative estimate of drug-likeness (QED) is 0.810. The van der Waals surface area contributed by atoms with Crippen molar-refractivity contribution in [1.29, 1.82) is 0 Å². The van der Waals surface area contributed by atoms with Gasteiger partial charge in [-0.3, -0.25) is 0 Å². The van der Waals surface area contributed by atoms with E-state index in [1.807, 2.05) is 12.1 Å². The maximum Gasteiger partial charge on any atom is 0.131 e. The van der Waals surface area contributed by atoms with Gasteiger partial charge in [0.05, 0.1) is 0 Å². The highest BCUT2D eigenvalue weighted by atomic mass is 35.5. The number of piperidine rings is 1. The normalized spacial score (nSPS) is 22.1. The van der Waals surface area contributed by atoms with Crippen LogP contribution in [0.3, 0.4) is 0 Å². The van der Waals surface area contributed by atoms with Gasteiger partial charge in [-0.05, 0) is 44.9 Å². The van der Waals surface area contributed by atoms with Gasteiger partial charge in [-0.25, -0.2) is 4.98 Å². The van der Waals surface area contributed by atoms with Crippen molar-refractivity contribution in [2.75, 3.05) is 11.9 Å². The van der Waals surface area contributed by atoms with Crippen molar-refractivity contribution in [1.82, 2.24) is 10.3 Å². The third-order valence-electron chi connectivity index (χ3n) is 3.19. The number of halogens is 1. The van der Waals surface area contributed by atoms with E-state index in [0.717, 1.165) is 12.1 Å². The summed E-state index contributed by atoms with van der Waals surface area (Å²) in [5.41, 5.74) is 1.05. The lowest BCUT2D eigenvalue weighted by molar-refractivity contribution is 0.371. The van der Waals surface area contributed by atoms with E-state index < -0.39 is 0 Å². The average Bonchev–Trinajstić information content (AvgIpc) is 2.30. The summed E-state index contributed by atoms with van der Waals surface area (Å²) in [6, 6.07) is 4.93. The molecule has 1 aromatic heterocycles. The summed E-state index contributed by atoms with van der Waals surface area (Å²) in [5.74, 6) is 0. The van der Waals surface area contributed by atoms with E-state index in [2.05, 4.69) is 22.5 Å². The molecule has 2 N–H and O–H groups in total. The Morgan fingerprint density at radius 1 is 1.59 bits per heavy atom. The highest BCUT2D eigenvalue weighted by molar-refractivity contribution is 6.29. The molecule has 2 atom stereocenters. The second kappa shape index (κ2) is 6.22. The van der Waals surface area contributed by atoms with Gasteiger partial charge in [0.25, 0.3) is 0 Å². The number of aromatic nitrogens is 1. The molecule has 0 aromatic carbocycles. The van der Waals surface area contributed by atoms with E-state index in [-0.39, 0.29) is 0 Å². The Bertz CT molecular complexity index is 350. The number of pyridine rings is 1. The van der Waals surface area contributed by atoms with Crippen molar-refractivity contribution in [3.05, 3.63) is 23.5 Å². The molecular formula is C13H20ClN3. The molecule has 1 aliphatic rings. The average molecular weight is 254 g/mol. The Hall–Kier alpha value is -0.800. The number of hydrogen-bond donors (Lipinski definition) is 2. The topological polar surface area (TPSA) is 37.0 Å². The molecule has 4 heteroatoms. The first-order valence-corrected chi connectivity index (χ1v) is 6.73. The molecule has 0 amide bonds. The van der Waals surface area contributed by atoms with Gasteiger partial charge in [0.1, 0.15) is 5.15 Å². The second-order valence-electron chi connectivity index (χ2n) is 4.80. The Kier molecular flexibility index (Phi) is 4.63. The Balaban J connectivity index is 1.82. The van der Waals surface area contributed by atoms with E-state index in [1.54, 1.807) is 6.20 Å². The number of nitrogens with one attached hydrogen (secondary N) is 2. The van der Waals surface area contributed by atoms with Crippen LogP contribution in [-0.4, -0.2) is 23.6 Å². The summed E-state index contributed by atoms with van der Waals surface area (Å²) in [7, 11) is 0. The van der Waals surface area contributed by atoms with E-state index in [1.165, 1.54) is 25.8 Å². The summed E-state index contributed by atoms with van der Waals surface area (Å²) in [6.07, 6.45) is 6.85. The molecule has 94 valence electrons. The zero-order valence-corrected chi connectivity index (χ0v) is 11.0. The molecule has 1 saturated heterocycles. The minimum atomic E-state index is 0.448. The molecule has 2 heterocycles. The van der Waals surface area contributed by atoms with Gasteiger partial charge < -0.3 is 10.6 Å². The zero-order chi connectivity index (χ0) is 12.1. The summed E-state index contributed by atoms with van der Waals surface area (Å²) in [6.45, 7) is 3.38. The lowest BCUT2D eigenvalue weighted by Crippen LogP contribution is -2.37. The van der Waals surface area contributed by atoms with Crippen LogP contribution in [0.15, 0.2) is 18.3 Å². The van der Waals surface area contributed by atoms with Crippen molar-refractivity contribution in [3.63, 3.8) is 0 Å². The van der Waals surface area contributed by atoms with Crippen LogP contribution in [0.25, 0.3) is 0 Å². The minimum absolute atomic E-state index is 0.448. The van der Waals surface area contributed by atoms with Crippen molar-refractivity contribution >= 4 is 17.3 Å². The van der Waals surface area contributed by atoms with Gasteiger partial charge >= 0.3 is 0 Å². The monoisotopic (exact) mass is 253 g/mol. The highest BCUT2D eigenvalue weighted by Gasteiger charge is 2.15. The minimum Gasteiger partial charge on any atom is -0.382 e. The maximum atomic E-state index is 5.86. The molecular weight excluding hydrogens is 234 g/mol. The first kappa shape index (κ1) is 12.7. The van der Waals surface area contributed by atoms with Crippen molar-refractivity contribution in [2.24, 2.45) is 0 Å². The van der Waals surface area contributed by atoms with Crippen LogP contribution in [0.1, 0.15) is 32.6 Å². The van der Waals surface area contributed by atoms with E-state index in [4.69, 9.17) is 11.6 Å². The van der Waals surface area contributed by atoms with Crippen LogP contribution >= 0.6 is 11.6 Å². The third kappa shape index (κ3) is 4.17. The number of rotatable bonds is 4. The molecule has 0 bridgehead atoms.